The van der Waals surface area contributed by atoms with Crippen molar-refractivity contribution in [2.75, 3.05) is 36.2 Å². The fraction of sp³-hybridized carbons (Fsp3) is 0.500. The number of anilines is 1. The van der Waals surface area contributed by atoms with E-state index in [-0.39, 0.29) is 0 Å². The fourth-order valence-corrected chi connectivity index (χ4v) is 5.35. The van der Waals surface area contributed by atoms with Gasteiger partial charge >= 0.3 is 0 Å². The summed E-state index contributed by atoms with van der Waals surface area (Å²) in [6.45, 7) is 0.800. The maximum Gasteiger partial charge on any atom is 0.242 e. The molecule has 0 saturated carbocycles. The minimum atomic E-state index is -3.41. The van der Waals surface area contributed by atoms with Crippen molar-refractivity contribution in [2.24, 2.45) is 0 Å². The van der Waals surface area contributed by atoms with Gasteiger partial charge < -0.3 is 5.32 Å². The van der Waals surface area contributed by atoms with Gasteiger partial charge in [0.2, 0.25) is 10.0 Å². The lowest BCUT2D eigenvalue weighted by atomic mass is 10.3. The molecule has 1 aromatic carbocycles. The normalized spacial score (nSPS) is 20.2. The summed E-state index contributed by atoms with van der Waals surface area (Å²) in [7, 11) is -1.98. The molecular formula is C12H18N2O2S3. The first-order chi connectivity index (χ1) is 9.13. The molecule has 1 saturated heterocycles. The van der Waals surface area contributed by atoms with Crippen molar-refractivity contribution in [3.05, 3.63) is 24.3 Å². The van der Waals surface area contributed by atoms with Crippen molar-refractivity contribution >= 4 is 39.2 Å². The van der Waals surface area contributed by atoms with E-state index in [9.17, 15) is 8.42 Å². The van der Waals surface area contributed by atoms with Crippen LogP contribution >= 0.6 is 23.5 Å². The number of nitrogens with one attached hydrogen (secondary N) is 2. The first kappa shape index (κ1) is 15.0. The van der Waals surface area contributed by atoms with E-state index in [1.54, 1.807) is 12.1 Å². The molecule has 1 fully saturated rings. The summed E-state index contributed by atoms with van der Waals surface area (Å²) in [6, 6.07) is 7.02. The van der Waals surface area contributed by atoms with Gasteiger partial charge in [-0.05, 0) is 19.2 Å². The molecule has 0 spiro atoms. The maximum absolute atomic E-state index is 11.9. The van der Waals surface area contributed by atoms with Gasteiger partial charge in [-0.15, -0.1) is 0 Å². The average molecular weight is 318 g/mol. The van der Waals surface area contributed by atoms with Gasteiger partial charge in [-0.25, -0.2) is 13.1 Å². The summed E-state index contributed by atoms with van der Waals surface area (Å²) in [5.74, 6) is 3.51. The molecule has 1 aromatic rings. The largest absolute Gasteiger partial charge is 0.383 e. The number of para-hydroxylation sites is 1. The molecule has 0 amide bonds. The molecule has 1 unspecified atom stereocenters. The molecule has 4 nitrogen and oxygen atoms in total. The summed E-state index contributed by atoms with van der Waals surface area (Å²) in [5, 5.41) is 3.82. The van der Waals surface area contributed by atoms with Gasteiger partial charge in [0, 0.05) is 29.1 Å². The zero-order valence-electron chi connectivity index (χ0n) is 10.8. The summed E-state index contributed by atoms with van der Waals surface area (Å²) in [5.41, 5.74) is 0.674. The van der Waals surface area contributed by atoms with Gasteiger partial charge in [0.25, 0.3) is 0 Å². The van der Waals surface area contributed by atoms with E-state index in [1.165, 1.54) is 18.6 Å². The minimum Gasteiger partial charge on any atom is -0.383 e. The molecule has 1 atom stereocenters. The standard InChI is InChI=1S/C12H18N2O2S3/c1-13-19(15,16)12-5-3-2-4-11(12)14-8-10-9-17-6-7-18-10/h2-5,10,13-14H,6-9H2,1H3. The van der Waals surface area contributed by atoms with Crippen molar-refractivity contribution in [3.8, 4) is 0 Å². The van der Waals surface area contributed by atoms with Crippen LogP contribution in [0.3, 0.4) is 0 Å². The molecule has 0 aliphatic carbocycles. The lowest BCUT2D eigenvalue weighted by molar-refractivity contribution is 0.588. The highest BCUT2D eigenvalue weighted by Crippen LogP contribution is 2.26. The number of thioether (sulfide) groups is 2. The second-order valence-electron chi connectivity index (χ2n) is 4.15. The van der Waals surface area contributed by atoms with Crippen LogP contribution in [0.4, 0.5) is 5.69 Å². The molecule has 1 aliphatic heterocycles. The third-order valence-electron chi connectivity index (χ3n) is 2.85. The van der Waals surface area contributed by atoms with Crippen LogP contribution in [-0.4, -0.2) is 44.5 Å². The number of hydrogen-bond donors (Lipinski definition) is 2. The van der Waals surface area contributed by atoms with Crippen LogP contribution in [0.1, 0.15) is 0 Å². The van der Waals surface area contributed by atoms with E-state index in [0.29, 0.717) is 15.8 Å². The van der Waals surface area contributed by atoms with Gasteiger partial charge in [-0.3, -0.25) is 0 Å². The summed E-state index contributed by atoms with van der Waals surface area (Å²) < 4.78 is 26.2. The Morgan fingerprint density at radius 1 is 1.32 bits per heavy atom. The highest BCUT2D eigenvalue weighted by atomic mass is 32.2. The topological polar surface area (TPSA) is 58.2 Å². The third-order valence-corrected chi connectivity index (χ3v) is 7.17. The van der Waals surface area contributed by atoms with E-state index in [1.807, 2.05) is 35.7 Å². The van der Waals surface area contributed by atoms with Gasteiger partial charge in [0.15, 0.2) is 0 Å². The lowest BCUT2D eigenvalue weighted by Gasteiger charge is -2.22. The van der Waals surface area contributed by atoms with Crippen molar-refractivity contribution < 1.29 is 8.42 Å². The van der Waals surface area contributed by atoms with Crippen LogP contribution < -0.4 is 10.0 Å². The molecule has 0 bridgehead atoms. The predicted octanol–water partition coefficient (Wildman–Crippen LogP) is 1.86. The van der Waals surface area contributed by atoms with Gasteiger partial charge in [0.05, 0.1) is 5.69 Å². The Bertz CT molecular complexity index is 513. The second kappa shape index (κ2) is 6.88. The molecule has 1 aliphatic rings. The fourth-order valence-electron chi connectivity index (χ4n) is 1.84. The summed E-state index contributed by atoms with van der Waals surface area (Å²) >= 11 is 3.91. The van der Waals surface area contributed by atoms with Crippen molar-refractivity contribution in [1.29, 1.82) is 0 Å². The van der Waals surface area contributed by atoms with E-state index in [0.717, 1.165) is 12.3 Å². The molecule has 2 N–H and O–H groups in total. The van der Waals surface area contributed by atoms with Crippen molar-refractivity contribution in [1.82, 2.24) is 4.72 Å². The van der Waals surface area contributed by atoms with Crippen LogP contribution in [0.2, 0.25) is 0 Å². The Kier molecular flexibility index (Phi) is 5.44. The Morgan fingerprint density at radius 2 is 2.11 bits per heavy atom. The van der Waals surface area contributed by atoms with E-state index < -0.39 is 10.0 Å². The van der Waals surface area contributed by atoms with Crippen molar-refractivity contribution in [3.63, 3.8) is 0 Å². The van der Waals surface area contributed by atoms with Crippen LogP contribution in [0, 0.1) is 0 Å². The second-order valence-corrected chi connectivity index (χ2v) is 8.57. The molecule has 0 aromatic heterocycles. The molecule has 106 valence electrons. The number of rotatable bonds is 5. The van der Waals surface area contributed by atoms with Gasteiger partial charge in [-0.1, -0.05) is 12.1 Å². The molecule has 0 radical (unpaired) electrons. The SMILES string of the molecule is CNS(=O)(=O)c1ccccc1NCC1CSCCS1. The Labute approximate surface area is 123 Å². The van der Waals surface area contributed by atoms with Crippen LogP contribution in [0.5, 0.6) is 0 Å². The van der Waals surface area contributed by atoms with Crippen LogP contribution in [0.25, 0.3) is 0 Å². The summed E-state index contributed by atoms with van der Waals surface area (Å²) in [4.78, 5) is 0.311. The van der Waals surface area contributed by atoms with E-state index in [2.05, 4.69) is 10.0 Å². The summed E-state index contributed by atoms with van der Waals surface area (Å²) in [6.07, 6.45) is 0. The average Bonchev–Trinajstić information content (AvgIpc) is 2.46. The molecule has 19 heavy (non-hydrogen) atoms. The molecule has 1 heterocycles. The smallest absolute Gasteiger partial charge is 0.242 e. The first-order valence-corrected chi connectivity index (χ1v) is 9.78. The first-order valence-electron chi connectivity index (χ1n) is 6.09. The molecular weight excluding hydrogens is 300 g/mol. The number of hydrogen-bond acceptors (Lipinski definition) is 5. The third kappa shape index (κ3) is 4.05. The van der Waals surface area contributed by atoms with Crippen molar-refractivity contribution in [2.45, 2.75) is 10.1 Å². The number of benzene rings is 1. The maximum atomic E-state index is 11.9. The molecule has 2 rings (SSSR count). The Morgan fingerprint density at radius 3 is 2.79 bits per heavy atom. The predicted molar refractivity (Wildman–Crippen MR) is 84.7 cm³/mol. The number of sulfonamides is 1. The highest BCUT2D eigenvalue weighted by Gasteiger charge is 2.18. The Balaban J connectivity index is 2.07. The minimum absolute atomic E-state index is 0.311. The van der Waals surface area contributed by atoms with Gasteiger partial charge in [0.1, 0.15) is 4.90 Å². The molecule has 7 heteroatoms. The Hall–Kier alpha value is -0.370. The lowest BCUT2D eigenvalue weighted by Crippen LogP contribution is -2.25. The highest BCUT2D eigenvalue weighted by molar-refractivity contribution is 8.06. The van der Waals surface area contributed by atoms with Gasteiger partial charge in [-0.2, -0.15) is 23.5 Å². The van der Waals surface area contributed by atoms with E-state index in [4.69, 9.17) is 0 Å². The zero-order valence-corrected chi connectivity index (χ0v) is 13.2. The van der Waals surface area contributed by atoms with E-state index >= 15 is 0 Å². The zero-order chi connectivity index (χ0) is 13.7. The van der Waals surface area contributed by atoms with Crippen LogP contribution in [-0.2, 0) is 10.0 Å². The van der Waals surface area contributed by atoms with Crippen LogP contribution in [0.15, 0.2) is 29.2 Å². The monoisotopic (exact) mass is 318 g/mol. The quantitative estimate of drug-likeness (QED) is 0.868.